The fourth-order valence-corrected chi connectivity index (χ4v) is 5.21. The molecule has 35 heavy (non-hydrogen) atoms. The Hall–Kier alpha value is -4.32. The van der Waals surface area contributed by atoms with Gasteiger partial charge in [-0.15, -0.1) is 0 Å². The third kappa shape index (κ3) is 3.49. The first-order valence-corrected chi connectivity index (χ1v) is 11.7. The van der Waals surface area contributed by atoms with Gasteiger partial charge >= 0.3 is 0 Å². The van der Waals surface area contributed by atoms with Crippen LogP contribution >= 0.6 is 0 Å². The van der Waals surface area contributed by atoms with Crippen molar-refractivity contribution in [2.24, 2.45) is 0 Å². The molecule has 172 valence electrons. The molecular formula is C29H23N3O3. The molecule has 1 aliphatic heterocycles. The number of pyridine rings is 3. The standard InChI is InChI=1S/C29H23N3O3/c1-18-15-24-22(5-7-26(34)32(24)17-19-3-2-11-30-16-19)28(21(18)9-13-33)23-4-6-25-27-20(10-14-35-25)8-12-31-29(23)27/h2-8,11-13,15-16H,9-10,14,17H2,1H3. The van der Waals surface area contributed by atoms with E-state index in [0.717, 1.165) is 68.1 Å². The van der Waals surface area contributed by atoms with Gasteiger partial charge in [0.2, 0.25) is 0 Å². The van der Waals surface area contributed by atoms with Crippen molar-refractivity contribution in [2.75, 3.05) is 6.61 Å². The second kappa shape index (κ2) is 8.47. The number of rotatable bonds is 5. The minimum absolute atomic E-state index is 0.0849. The quantitative estimate of drug-likeness (QED) is 0.357. The number of nitrogens with zero attached hydrogens (tertiary/aromatic N) is 3. The Morgan fingerprint density at radius 2 is 2.03 bits per heavy atom. The van der Waals surface area contributed by atoms with E-state index in [1.807, 2.05) is 55.6 Å². The summed E-state index contributed by atoms with van der Waals surface area (Å²) >= 11 is 0. The van der Waals surface area contributed by atoms with E-state index in [2.05, 4.69) is 4.98 Å². The number of hydrogen-bond donors (Lipinski definition) is 0. The van der Waals surface area contributed by atoms with Gasteiger partial charge in [-0.2, -0.15) is 0 Å². The summed E-state index contributed by atoms with van der Waals surface area (Å²) in [4.78, 5) is 33.7. The van der Waals surface area contributed by atoms with Crippen molar-refractivity contribution in [3.05, 3.63) is 99.7 Å². The predicted molar refractivity (Wildman–Crippen MR) is 136 cm³/mol. The number of carbonyl (C=O) groups excluding carboxylic acids is 1. The maximum absolute atomic E-state index is 13.0. The van der Waals surface area contributed by atoms with Gasteiger partial charge in [0.15, 0.2) is 0 Å². The maximum Gasteiger partial charge on any atom is 0.251 e. The molecule has 6 heteroatoms. The lowest BCUT2D eigenvalue weighted by atomic mass is 9.88. The van der Waals surface area contributed by atoms with Crippen molar-refractivity contribution < 1.29 is 9.53 Å². The second-order valence-corrected chi connectivity index (χ2v) is 8.87. The van der Waals surface area contributed by atoms with Crippen LogP contribution in [0.3, 0.4) is 0 Å². The third-order valence-corrected chi connectivity index (χ3v) is 6.82. The number of hydrogen-bond acceptors (Lipinski definition) is 5. The molecule has 0 radical (unpaired) electrons. The molecule has 4 heterocycles. The zero-order chi connectivity index (χ0) is 23.9. The Morgan fingerprint density at radius 3 is 2.86 bits per heavy atom. The van der Waals surface area contributed by atoms with Gasteiger partial charge in [0, 0.05) is 53.8 Å². The summed E-state index contributed by atoms with van der Waals surface area (Å²) in [6.45, 7) is 3.05. The molecule has 0 unspecified atom stereocenters. The molecule has 0 N–H and O–H groups in total. The number of aromatic nitrogens is 3. The van der Waals surface area contributed by atoms with Crippen LogP contribution in [-0.4, -0.2) is 27.4 Å². The maximum atomic E-state index is 13.0. The molecule has 0 aliphatic carbocycles. The van der Waals surface area contributed by atoms with Crippen molar-refractivity contribution in [3.8, 4) is 16.9 Å². The molecule has 5 aromatic rings. The zero-order valence-electron chi connectivity index (χ0n) is 19.3. The van der Waals surface area contributed by atoms with E-state index in [-0.39, 0.29) is 12.0 Å². The van der Waals surface area contributed by atoms with E-state index in [1.54, 1.807) is 23.0 Å². The highest BCUT2D eigenvalue weighted by Crippen LogP contribution is 2.42. The predicted octanol–water partition coefficient (Wildman–Crippen LogP) is 4.64. The summed E-state index contributed by atoms with van der Waals surface area (Å²) in [6, 6.07) is 15.4. The molecule has 2 aromatic carbocycles. The van der Waals surface area contributed by atoms with Gasteiger partial charge < -0.3 is 14.1 Å². The fourth-order valence-electron chi connectivity index (χ4n) is 5.21. The van der Waals surface area contributed by atoms with Crippen molar-refractivity contribution in [1.82, 2.24) is 14.5 Å². The van der Waals surface area contributed by atoms with Crippen molar-refractivity contribution in [3.63, 3.8) is 0 Å². The first-order chi connectivity index (χ1) is 17.2. The summed E-state index contributed by atoms with van der Waals surface area (Å²) in [7, 11) is 0. The van der Waals surface area contributed by atoms with Gasteiger partial charge in [0.25, 0.3) is 5.56 Å². The molecule has 3 aromatic heterocycles. The van der Waals surface area contributed by atoms with Crippen LogP contribution in [-0.2, 0) is 24.2 Å². The third-order valence-electron chi connectivity index (χ3n) is 6.82. The van der Waals surface area contributed by atoms with Gasteiger partial charge in [0.1, 0.15) is 12.0 Å². The highest BCUT2D eigenvalue weighted by molar-refractivity contribution is 6.07. The highest BCUT2D eigenvalue weighted by atomic mass is 16.5. The second-order valence-electron chi connectivity index (χ2n) is 8.87. The normalized spacial score (nSPS) is 12.6. The molecule has 6 nitrogen and oxygen atoms in total. The van der Waals surface area contributed by atoms with Crippen LogP contribution in [0.2, 0.25) is 0 Å². The van der Waals surface area contributed by atoms with Crippen LogP contribution in [0.1, 0.15) is 22.3 Å². The summed E-state index contributed by atoms with van der Waals surface area (Å²) in [5, 5.41) is 1.93. The average Bonchev–Trinajstić information content (AvgIpc) is 2.88. The number of aldehydes is 1. The van der Waals surface area contributed by atoms with E-state index in [1.165, 1.54) is 5.56 Å². The van der Waals surface area contributed by atoms with E-state index >= 15 is 0 Å². The number of aryl methyl sites for hydroxylation is 1. The molecule has 6 rings (SSSR count). The first kappa shape index (κ1) is 21.2. The monoisotopic (exact) mass is 461 g/mol. The number of fused-ring (bicyclic) bond motifs is 1. The SMILES string of the molecule is Cc1cc2c(ccc(=O)n2Cc2cccnc2)c(-c2ccc3c4c(ccnc24)CCO3)c1CC=O. The van der Waals surface area contributed by atoms with Gasteiger partial charge in [0.05, 0.1) is 24.2 Å². The lowest BCUT2D eigenvalue weighted by Gasteiger charge is -2.22. The Balaban J connectivity index is 1.70. The van der Waals surface area contributed by atoms with Gasteiger partial charge in [-0.3, -0.25) is 14.8 Å². The minimum Gasteiger partial charge on any atom is -0.493 e. The zero-order valence-corrected chi connectivity index (χ0v) is 19.3. The average molecular weight is 462 g/mol. The minimum atomic E-state index is -0.0849. The fraction of sp³-hybridized carbons (Fsp3) is 0.172. The molecule has 0 amide bonds. The lowest BCUT2D eigenvalue weighted by Crippen LogP contribution is -2.20. The largest absolute Gasteiger partial charge is 0.493 e. The molecule has 0 atom stereocenters. The summed E-state index contributed by atoms with van der Waals surface area (Å²) in [5.74, 6) is 0.834. The van der Waals surface area contributed by atoms with Crippen LogP contribution in [0.5, 0.6) is 5.75 Å². The highest BCUT2D eigenvalue weighted by Gasteiger charge is 2.22. The Kier molecular flexibility index (Phi) is 5.14. The molecule has 0 spiro atoms. The topological polar surface area (TPSA) is 74.1 Å². The van der Waals surface area contributed by atoms with E-state index in [9.17, 15) is 9.59 Å². The van der Waals surface area contributed by atoms with Crippen LogP contribution in [0, 0.1) is 6.92 Å². The Morgan fingerprint density at radius 1 is 1.11 bits per heavy atom. The Bertz CT molecular complexity index is 1660. The first-order valence-electron chi connectivity index (χ1n) is 11.7. The van der Waals surface area contributed by atoms with Crippen molar-refractivity contribution >= 4 is 28.1 Å². The number of carbonyl (C=O) groups is 1. The van der Waals surface area contributed by atoms with Crippen LogP contribution in [0.15, 0.2) is 71.9 Å². The Labute approximate surface area is 201 Å². The van der Waals surface area contributed by atoms with Crippen LogP contribution < -0.4 is 10.3 Å². The van der Waals surface area contributed by atoms with Gasteiger partial charge in [-0.1, -0.05) is 6.07 Å². The van der Waals surface area contributed by atoms with Gasteiger partial charge in [-0.25, -0.2) is 0 Å². The van der Waals surface area contributed by atoms with Crippen LogP contribution in [0.25, 0.3) is 32.9 Å². The number of benzene rings is 2. The van der Waals surface area contributed by atoms with Crippen molar-refractivity contribution in [1.29, 1.82) is 0 Å². The van der Waals surface area contributed by atoms with Crippen molar-refractivity contribution in [2.45, 2.75) is 26.3 Å². The molecule has 0 bridgehead atoms. The summed E-state index contributed by atoms with van der Waals surface area (Å²) < 4.78 is 7.70. The number of ether oxygens (including phenoxy) is 1. The van der Waals surface area contributed by atoms with E-state index in [0.29, 0.717) is 13.2 Å². The molecule has 0 saturated carbocycles. The summed E-state index contributed by atoms with van der Waals surface area (Å²) in [5.41, 5.74) is 7.52. The van der Waals surface area contributed by atoms with E-state index < -0.39 is 0 Å². The molecule has 1 aliphatic rings. The molecular weight excluding hydrogens is 438 g/mol. The van der Waals surface area contributed by atoms with Crippen LogP contribution in [0.4, 0.5) is 0 Å². The smallest absolute Gasteiger partial charge is 0.251 e. The molecule has 0 saturated heterocycles. The lowest BCUT2D eigenvalue weighted by molar-refractivity contribution is -0.107. The summed E-state index contributed by atoms with van der Waals surface area (Å²) in [6.07, 6.45) is 7.37. The van der Waals surface area contributed by atoms with Gasteiger partial charge in [-0.05, 0) is 71.1 Å². The van der Waals surface area contributed by atoms with E-state index in [4.69, 9.17) is 9.72 Å². The molecule has 0 fully saturated rings.